The number of aromatic nitrogens is 1. The van der Waals surface area contributed by atoms with Crippen molar-refractivity contribution in [1.29, 1.82) is 0 Å². The number of ether oxygens (including phenoxy) is 1. The van der Waals surface area contributed by atoms with E-state index in [2.05, 4.69) is 4.98 Å². The number of aliphatic carboxylic acids is 1. The van der Waals surface area contributed by atoms with Crippen molar-refractivity contribution in [2.45, 2.75) is 33.3 Å². The Bertz CT molecular complexity index is 622. The number of hydrogen-bond acceptors (Lipinski definition) is 3. The van der Waals surface area contributed by atoms with Gasteiger partial charge in [-0.2, -0.15) is 0 Å². The second kappa shape index (κ2) is 5.90. The molecule has 0 fully saturated rings. The van der Waals surface area contributed by atoms with Crippen molar-refractivity contribution in [1.82, 2.24) is 4.98 Å². The molecular formula is C16H19NO3. The van der Waals surface area contributed by atoms with E-state index >= 15 is 0 Å². The Morgan fingerprint density at radius 3 is 2.65 bits per heavy atom. The highest BCUT2D eigenvalue weighted by Crippen LogP contribution is 2.25. The number of pyridine rings is 1. The van der Waals surface area contributed by atoms with Gasteiger partial charge in [0.25, 0.3) is 0 Å². The van der Waals surface area contributed by atoms with Gasteiger partial charge in [0.1, 0.15) is 11.3 Å². The van der Waals surface area contributed by atoms with Gasteiger partial charge in [-0.25, -0.2) is 4.98 Å². The molecule has 0 aliphatic rings. The molecule has 1 heterocycles. The third-order valence-corrected chi connectivity index (χ3v) is 3.04. The zero-order valence-electron chi connectivity index (χ0n) is 12.0. The van der Waals surface area contributed by atoms with E-state index < -0.39 is 11.9 Å². The summed E-state index contributed by atoms with van der Waals surface area (Å²) in [6.07, 6.45) is 0.491. The number of nitrogens with zero attached hydrogens (tertiary/aromatic N) is 1. The van der Waals surface area contributed by atoms with Gasteiger partial charge in [-0.15, -0.1) is 0 Å². The lowest BCUT2D eigenvalue weighted by atomic mass is 10.0. The smallest absolute Gasteiger partial charge is 0.306 e. The molecule has 1 aromatic heterocycles. The van der Waals surface area contributed by atoms with Gasteiger partial charge in [-0.1, -0.05) is 25.1 Å². The molecule has 0 spiro atoms. The molecule has 1 N–H and O–H groups in total. The van der Waals surface area contributed by atoms with Crippen molar-refractivity contribution in [3.8, 4) is 5.75 Å². The second-order valence-corrected chi connectivity index (χ2v) is 5.24. The first kappa shape index (κ1) is 14.3. The molecule has 1 unspecified atom stereocenters. The zero-order valence-corrected chi connectivity index (χ0v) is 12.0. The predicted molar refractivity (Wildman–Crippen MR) is 78.0 cm³/mol. The maximum atomic E-state index is 10.9. The van der Waals surface area contributed by atoms with E-state index in [-0.39, 0.29) is 6.10 Å². The van der Waals surface area contributed by atoms with Crippen LogP contribution in [0.2, 0.25) is 0 Å². The maximum absolute atomic E-state index is 10.9. The van der Waals surface area contributed by atoms with Crippen LogP contribution in [0.15, 0.2) is 30.3 Å². The van der Waals surface area contributed by atoms with Gasteiger partial charge in [0.05, 0.1) is 12.0 Å². The topological polar surface area (TPSA) is 59.4 Å². The second-order valence-electron chi connectivity index (χ2n) is 5.24. The molecule has 0 radical (unpaired) electrons. The van der Waals surface area contributed by atoms with Crippen LogP contribution in [0, 0.1) is 5.92 Å². The molecule has 20 heavy (non-hydrogen) atoms. The van der Waals surface area contributed by atoms with Crippen molar-refractivity contribution in [2.24, 2.45) is 5.92 Å². The molecule has 0 amide bonds. The Morgan fingerprint density at radius 2 is 2.00 bits per heavy atom. The third-order valence-electron chi connectivity index (χ3n) is 3.04. The van der Waals surface area contributed by atoms with Crippen LogP contribution in [0.25, 0.3) is 10.9 Å². The molecule has 0 aliphatic carbocycles. The van der Waals surface area contributed by atoms with Gasteiger partial charge < -0.3 is 9.84 Å². The van der Waals surface area contributed by atoms with Crippen LogP contribution in [-0.2, 0) is 11.2 Å². The van der Waals surface area contributed by atoms with E-state index in [0.29, 0.717) is 6.42 Å². The number of rotatable bonds is 5. The van der Waals surface area contributed by atoms with Crippen molar-refractivity contribution < 1.29 is 14.6 Å². The largest absolute Gasteiger partial charge is 0.489 e. The summed E-state index contributed by atoms with van der Waals surface area (Å²) in [4.78, 5) is 15.5. The highest BCUT2D eigenvalue weighted by Gasteiger charge is 2.13. The molecule has 1 aromatic carbocycles. The standard InChI is InChI=1S/C16H19NO3/c1-10(2)20-14-6-4-5-12-7-8-13(17-15(12)14)9-11(3)16(18)19/h4-8,10-11H,9H2,1-3H3,(H,18,19). The molecule has 0 bridgehead atoms. The lowest BCUT2D eigenvalue weighted by Crippen LogP contribution is -2.13. The molecule has 1 atom stereocenters. The summed E-state index contributed by atoms with van der Waals surface area (Å²) in [5.74, 6) is -0.515. The van der Waals surface area contributed by atoms with Gasteiger partial charge >= 0.3 is 5.97 Å². The molecule has 106 valence electrons. The van der Waals surface area contributed by atoms with Gasteiger partial charge in [-0.3, -0.25) is 4.79 Å². The quantitative estimate of drug-likeness (QED) is 0.908. The first-order chi connectivity index (χ1) is 9.47. The van der Waals surface area contributed by atoms with E-state index in [1.54, 1.807) is 6.92 Å². The summed E-state index contributed by atoms with van der Waals surface area (Å²) in [5.41, 5.74) is 1.56. The summed E-state index contributed by atoms with van der Waals surface area (Å²) in [6, 6.07) is 9.63. The van der Waals surface area contributed by atoms with E-state index in [9.17, 15) is 4.79 Å². The van der Waals surface area contributed by atoms with Gasteiger partial charge in [0.15, 0.2) is 0 Å². The SMILES string of the molecule is CC(C)Oc1cccc2ccc(CC(C)C(=O)O)nc12. The average molecular weight is 273 g/mol. The van der Waals surface area contributed by atoms with Crippen molar-refractivity contribution in [3.05, 3.63) is 36.0 Å². The number of fused-ring (bicyclic) bond motifs is 1. The minimum Gasteiger partial charge on any atom is -0.489 e. The first-order valence-corrected chi connectivity index (χ1v) is 6.75. The Morgan fingerprint density at radius 1 is 1.25 bits per heavy atom. The number of carboxylic acids is 1. The fourth-order valence-corrected chi connectivity index (χ4v) is 2.02. The summed E-state index contributed by atoms with van der Waals surface area (Å²) in [6.45, 7) is 5.62. The van der Waals surface area contributed by atoms with E-state index in [4.69, 9.17) is 9.84 Å². The minimum atomic E-state index is -0.807. The van der Waals surface area contributed by atoms with Crippen molar-refractivity contribution >= 4 is 16.9 Å². The van der Waals surface area contributed by atoms with Crippen LogP contribution >= 0.6 is 0 Å². The van der Waals surface area contributed by atoms with Gasteiger partial charge in [0, 0.05) is 17.5 Å². The molecule has 0 aliphatic heterocycles. The lowest BCUT2D eigenvalue weighted by Gasteiger charge is -2.13. The minimum absolute atomic E-state index is 0.0731. The Balaban J connectivity index is 2.38. The van der Waals surface area contributed by atoms with Crippen LogP contribution in [-0.4, -0.2) is 22.2 Å². The van der Waals surface area contributed by atoms with Crippen LogP contribution < -0.4 is 4.74 Å². The van der Waals surface area contributed by atoms with Crippen molar-refractivity contribution in [3.63, 3.8) is 0 Å². The third kappa shape index (κ3) is 3.26. The molecule has 2 rings (SSSR count). The highest BCUT2D eigenvalue weighted by atomic mass is 16.5. The predicted octanol–water partition coefficient (Wildman–Crippen LogP) is 3.29. The molecule has 4 heteroatoms. The fourth-order valence-electron chi connectivity index (χ4n) is 2.02. The fraction of sp³-hybridized carbons (Fsp3) is 0.375. The normalized spacial score (nSPS) is 12.6. The molecule has 2 aromatic rings. The van der Waals surface area contributed by atoms with Gasteiger partial charge in [0.2, 0.25) is 0 Å². The highest BCUT2D eigenvalue weighted by molar-refractivity contribution is 5.84. The van der Waals surface area contributed by atoms with E-state index in [0.717, 1.165) is 22.3 Å². The molecular weight excluding hydrogens is 254 g/mol. The van der Waals surface area contributed by atoms with Crippen LogP contribution in [0.1, 0.15) is 26.5 Å². The Labute approximate surface area is 118 Å². The number of carbonyl (C=O) groups is 1. The zero-order chi connectivity index (χ0) is 14.7. The summed E-state index contributed by atoms with van der Waals surface area (Å²) < 4.78 is 5.76. The summed E-state index contributed by atoms with van der Waals surface area (Å²) >= 11 is 0. The molecule has 0 saturated carbocycles. The first-order valence-electron chi connectivity index (χ1n) is 6.75. The lowest BCUT2D eigenvalue weighted by molar-refractivity contribution is -0.141. The van der Waals surface area contributed by atoms with Crippen LogP contribution in [0.5, 0.6) is 5.75 Å². The number of carboxylic acid groups (broad SMARTS) is 1. The van der Waals surface area contributed by atoms with Crippen LogP contribution in [0.3, 0.4) is 0 Å². The number of para-hydroxylation sites is 1. The average Bonchev–Trinajstić information content (AvgIpc) is 2.38. The van der Waals surface area contributed by atoms with Crippen LogP contribution in [0.4, 0.5) is 0 Å². The van der Waals surface area contributed by atoms with E-state index in [1.807, 2.05) is 44.2 Å². The van der Waals surface area contributed by atoms with Gasteiger partial charge in [-0.05, 0) is 26.0 Å². The monoisotopic (exact) mass is 273 g/mol. The number of hydrogen-bond donors (Lipinski definition) is 1. The molecule has 0 saturated heterocycles. The summed E-state index contributed by atoms with van der Waals surface area (Å²) in [7, 11) is 0. The Kier molecular flexibility index (Phi) is 4.23. The summed E-state index contributed by atoms with van der Waals surface area (Å²) in [5, 5.41) is 9.97. The maximum Gasteiger partial charge on any atom is 0.306 e. The van der Waals surface area contributed by atoms with Crippen molar-refractivity contribution in [2.75, 3.05) is 0 Å². The van der Waals surface area contributed by atoms with E-state index in [1.165, 1.54) is 0 Å². The number of benzene rings is 1. The molecule has 4 nitrogen and oxygen atoms in total. The Hall–Kier alpha value is -2.10.